The van der Waals surface area contributed by atoms with E-state index in [1.54, 1.807) is 20.8 Å². The minimum absolute atomic E-state index is 0.0427. The second-order valence-electron chi connectivity index (χ2n) is 7.88. The van der Waals surface area contributed by atoms with Crippen molar-refractivity contribution in [3.63, 3.8) is 0 Å². The first-order chi connectivity index (χ1) is 15.0. The van der Waals surface area contributed by atoms with Crippen LogP contribution in [0.4, 0.5) is 5.69 Å². The zero-order chi connectivity index (χ0) is 23.6. The lowest BCUT2D eigenvalue weighted by atomic mass is 10.1. The van der Waals surface area contributed by atoms with Gasteiger partial charge in [-0.1, -0.05) is 6.07 Å². The molecule has 32 heavy (non-hydrogen) atoms. The summed E-state index contributed by atoms with van der Waals surface area (Å²) in [5.74, 6) is -3.82. The molecular weight excluding hydrogens is 422 g/mol. The summed E-state index contributed by atoms with van der Waals surface area (Å²) in [4.78, 5) is 49.5. The monoisotopic (exact) mass is 443 g/mol. The van der Waals surface area contributed by atoms with E-state index < -0.39 is 42.6 Å². The number of carbonyl (C=O) groups excluding carboxylic acids is 2. The van der Waals surface area contributed by atoms with E-state index in [1.165, 1.54) is 36.4 Å². The highest BCUT2D eigenvalue weighted by Gasteiger charge is 2.34. The Bertz CT molecular complexity index is 1100. The Labute approximate surface area is 182 Å². The van der Waals surface area contributed by atoms with Gasteiger partial charge in [0.1, 0.15) is 29.2 Å². The van der Waals surface area contributed by atoms with Gasteiger partial charge < -0.3 is 24.4 Å². The van der Waals surface area contributed by atoms with Crippen molar-refractivity contribution in [2.24, 2.45) is 0 Å². The van der Waals surface area contributed by atoms with E-state index in [2.05, 4.69) is 0 Å². The van der Waals surface area contributed by atoms with Crippen LogP contribution in [0, 0.1) is 0 Å². The van der Waals surface area contributed by atoms with Gasteiger partial charge in [-0.2, -0.15) is 0 Å². The molecule has 2 N–H and O–H groups in total. The maximum Gasteiger partial charge on any atom is 0.341 e. The van der Waals surface area contributed by atoms with Gasteiger partial charge in [0.2, 0.25) is 0 Å². The third-order valence-electron chi connectivity index (χ3n) is 4.22. The predicted molar refractivity (Wildman–Crippen MR) is 111 cm³/mol. The van der Waals surface area contributed by atoms with Crippen molar-refractivity contribution in [3.8, 4) is 17.2 Å². The van der Waals surface area contributed by atoms with Gasteiger partial charge in [-0.05, 0) is 51.1 Å². The molecule has 0 unspecified atom stereocenters. The van der Waals surface area contributed by atoms with Gasteiger partial charge in [0.15, 0.2) is 12.4 Å². The maximum absolute atomic E-state index is 13.5. The summed E-state index contributed by atoms with van der Waals surface area (Å²) < 4.78 is 16.4. The van der Waals surface area contributed by atoms with Gasteiger partial charge in [-0.15, -0.1) is 0 Å². The fraction of sp³-hybridized carbons (Fsp3) is 0.273. The Morgan fingerprint density at radius 1 is 1.06 bits per heavy atom. The molecule has 2 aromatic carbocycles. The number of carboxylic acids is 2. The first-order valence-corrected chi connectivity index (χ1v) is 9.53. The lowest BCUT2D eigenvalue weighted by molar-refractivity contribution is -0.152. The molecule has 0 aliphatic carbocycles. The molecule has 0 atom stereocenters. The van der Waals surface area contributed by atoms with E-state index in [1.807, 2.05) is 0 Å². The topological polar surface area (TPSA) is 140 Å². The van der Waals surface area contributed by atoms with E-state index >= 15 is 0 Å². The molecule has 0 saturated carbocycles. The van der Waals surface area contributed by atoms with Gasteiger partial charge in [0.25, 0.3) is 5.91 Å². The average Bonchev–Trinajstić information content (AvgIpc) is 2.79. The fourth-order valence-electron chi connectivity index (χ4n) is 3.04. The zero-order valence-corrected chi connectivity index (χ0v) is 17.6. The van der Waals surface area contributed by atoms with Crippen molar-refractivity contribution in [2.45, 2.75) is 26.4 Å². The van der Waals surface area contributed by atoms with Gasteiger partial charge in [0.05, 0.1) is 11.3 Å². The maximum atomic E-state index is 13.5. The summed E-state index contributed by atoms with van der Waals surface area (Å²) in [7, 11) is 0. The van der Waals surface area contributed by atoms with Crippen molar-refractivity contribution < 1.29 is 43.6 Å². The molecule has 1 heterocycles. The Kier molecular flexibility index (Phi) is 6.06. The lowest BCUT2D eigenvalue weighted by Gasteiger charge is -2.25. The van der Waals surface area contributed by atoms with Gasteiger partial charge in [-0.3, -0.25) is 14.5 Å². The first kappa shape index (κ1) is 22.6. The van der Waals surface area contributed by atoms with Crippen LogP contribution in [0.5, 0.6) is 17.2 Å². The number of aromatic carboxylic acids is 1. The second kappa shape index (κ2) is 8.58. The Morgan fingerprint density at radius 3 is 2.41 bits per heavy atom. The number of hydrogen-bond donors (Lipinski definition) is 2. The number of amides is 1. The first-order valence-electron chi connectivity index (χ1n) is 9.53. The molecule has 0 fully saturated rings. The van der Waals surface area contributed by atoms with Gasteiger partial charge >= 0.3 is 17.9 Å². The van der Waals surface area contributed by atoms with Gasteiger partial charge in [-0.25, -0.2) is 9.59 Å². The van der Waals surface area contributed by atoms with E-state index in [-0.39, 0.29) is 34.1 Å². The van der Waals surface area contributed by atoms with E-state index in [9.17, 15) is 24.3 Å². The van der Waals surface area contributed by atoms with Crippen LogP contribution in [0.1, 0.15) is 41.5 Å². The van der Waals surface area contributed by atoms with E-state index in [4.69, 9.17) is 19.3 Å². The molecular formula is C22H21NO9. The molecule has 0 spiro atoms. The van der Waals surface area contributed by atoms with Crippen LogP contribution < -0.4 is 14.4 Å². The summed E-state index contributed by atoms with van der Waals surface area (Å²) in [5, 5.41) is 18.3. The second-order valence-corrected chi connectivity index (χ2v) is 7.88. The number of aliphatic carboxylic acids is 1. The molecule has 0 radical (unpaired) electrons. The molecule has 0 aromatic heterocycles. The third kappa shape index (κ3) is 4.97. The molecule has 0 saturated heterocycles. The van der Waals surface area contributed by atoms with Crippen LogP contribution in [0.3, 0.4) is 0 Å². The molecule has 0 bridgehead atoms. The molecule has 1 aliphatic heterocycles. The summed E-state index contributed by atoms with van der Waals surface area (Å²) in [6.45, 7) is 3.76. The number of fused-ring (bicyclic) bond motifs is 2. The molecule has 1 amide bonds. The van der Waals surface area contributed by atoms with Crippen LogP contribution in [-0.4, -0.2) is 52.8 Å². The average molecular weight is 443 g/mol. The molecule has 2 aromatic rings. The number of esters is 1. The molecule has 168 valence electrons. The van der Waals surface area contributed by atoms with E-state index in [0.717, 1.165) is 4.90 Å². The Balaban J connectivity index is 2.12. The summed E-state index contributed by atoms with van der Waals surface area (Å²) in [6.07, 6.45) is 0. The summed E-state index contributed by atoms with van der Waals surface area (Å²) in [5.41, 5.74) is -1.00. The fourth-order valence-corrected chi connectivity index (χ4v) is 3.04. The Hall–Kier alpha value is -4.08. The van der Waals surface area contributed by atoms with Crippen molar-refractivity contribution in [1.29, 1.82) is 0 Å². The lowest BCUT2D eigenvalue weighted by Crippen LogP contribution is -2.38. The van der Waals surface area contributed by atoms with Crippen LogP contribution in [0.15, 0.2) is 36.4 Å². The quantitative estimate of drug-likeness (QED) is 0.645. The molecule has 10 nitrogen and oxygen atoms in total. The van der Waals surface area contributed by atoms with Crippen LogP contribution in [0.25, 0.3) is 0 Å². The SMILES string of the molecule is CC(C)(C)OC(=O)CN1C(=O)c2c(OCC(=O)O)cccc2Oc2ccc(C(=O)O)cc21. The number of carbonyl (C=O) groups is 4. The standard InChI is InChI=1S/C22H21NO9/c1-22(2,3)32-18(26)10-23-13-9-12(21(28)29)7-8-14(13)31-16-6-4-5-15(19(16)20(23)27)30-11-17(24)25/h4-9H,10-11H2,1-3H3,(H,24,25)(H,28,29). The van der Waals surface area contributed by atoms with Crippen molar-refractivity contribution >= 4 is 29.5 Å². The molecule has 1 aliphatic rings. The van der Waals surface area contributed by atoms with Crippen LogP contribution >= 0.6 is 0 Å². The predicted octanol–water partition coefficient (Wildman–Crippen LogP) is 2.94. The Morgan fingerprint density at radius 2 is 1.78 bits per heavy atom. The van der Waals surface area contributed by atoms with Crippen LogP contribution in [-0.2, 0) is 14.3 Å². The molecule has 10 heteroatoms. The van der Waals surface area contributed by atoms with Crippen molar-refractivity contribution in [2.75, 3.05) is 18.1 Å². The highest BCUT2D eigenvalue weighted by molar-refractivity contribution is 6.13. The van der Waals surface area contributed by atoms with Crippen molar-refractivity contribution in [1.82, 2.24) is 0 Å². The third-order valence-corrected chi connectivity index (χ3v) is 4.22. The number of carboxylic acid groups (broad SMARTS) is 2. The largest absolute Gasteiger partial charge is 0.481 e. The van der Waals surface area contributed by atoms with Crippen molar-refractivity contribution in [3.05, 3.63) is 47.5 Å². The van der Waals surface area contributed by atoms with Gasteiger partial charge in [0, 0.05) is 0 Å². The minimum atomic E-state index is -1.25. The number of benzene rings is 2. The summed E-state index contributed by atoms with van der Waals surface area (Å²) in [6, 6.07) is 8.27. The molecule has 3 rings (SSSR count). The number of ether oxygens (including phenoxy) is 3. The normalized spacial score (nSPS) is 12.7. The van der Waals surface area contributed by atoms with Crippen LogP contribution in [0.2, 0.25) is 0 Å². The number of rotatable bonds is 6. The minimum Gasteiger partial charge on any atom is -0.481 e. The number of nitrogens with zero attached hydrogens (tertiary/aromatic N) is 1. The highest BCUT2D eigenvalue weighted by atomic mass is 16.6. The number of anilines is 1. The smallest absolute Gasteiger partial charge is 0.341 e. The number of hydrogen-bond acceptors (Lipinski definition) is 7. The zero-order valence-electron chi connectivity index (χ0n) is 17.6. The van der Waals surface area contributed by atoms with E-state index in [0.29, 0.717) is 0 Å². The summed E-state index contributed by atoms with van der Waals surface area (Å²) >= 11 is 0. The highest BCUT2D eigenvalue weighted by Crippen LogP contribution is 2.42.